The Kier molecular flexibility index (Phi) is 4.36. The van der Waals surface area contributed by atoms with Crippen LogP contribution in [-0.2, 0) is 24.8 Å². The molecule has 0 radical (unpaired) electrons. The number of carbonyl (C=O) groups is 1. The highest BCUT2D eigenvalue weighted by molar-refractivity contribution is 7.10. The molecule has 0 unspecified atom stereocenters. The summed E-state index contributed by atoms with van der Waals surface area (Å²) in [5.74, 6) is 0.255. The lowest BCUT2D eigenvalue weighted by atomic mass is 9.78. The number of likely N-dealkylation sites (N-methyl/N-ethyl adjacent to an activating group) is 1. The second-order valence-corrected chi connectivity index (χ2v) is 9.11. The lowest BCUT2D eigenvalue weighted by Crippen LogP contribution is -2.57. The molecule has 0 bridgehead atoms. The van der Waals surface area contributed by atoms with Crippen LogP contribution >= 0.6 is 11.3 Å². The molecule has 6 heteroatoms. The summed E-state index contributed by atoms with van der Waals surface area (Å²) in [7, 11) is 0. The van der Waals surface area contributed by atoms with E-state index in [0.29, 0.717) is 0 Å². The number of aryl methyl sites for hydroxylation is 1. The van der Waals surface area contributed by atoms with E-state index >= 15 is 0 Å². The zero-order valence-corrected chi connectivity index (χ0v) is 16.9. The molecule has 3 aliphatic rings. The van der Waals surface area contributed by atoms with Gasteiger partial charge in [-0.3, -0.25) is 9.69 Å². The zero-order chi connectivity index (χ0) is 18.4. The van der Waals surface area contributed by atoms with E-state index in [9.17, 15) is 4.79 Å². The monoisotopic (exact) mass is 384 g/mol. The Labute approximate surface area is 164 Å². The molecule has 2 aromatic heterocycles. The molecule has 1 fully saturated rings. The second-order valence-electron chi connectivity index (χ2n) is 8.14. The van der Waals surface area contributed by atoms with Crippen LogP contribution in [0.2, 0.25) is 0 Å². The van der Waals surface area contributed by atoms with Crippen molar-refractivity contribution in [1.82, 2.24) is 19.8 Å². The van der Waals surface area contributed by atoms with E-state index in [0.717, 1.165) is 63.8 Å². The summed E-state index contributed by atoms with van der Waals surface area (Å²) in [5.41, 5.74) is 4.87. The minimum absolute atomic E-state index is 0.00713. The molecule has 1 amide bonds. The van der Waals surface area contributed by atoms with Crippen LogP contribution in [0.15, 0.2) is 11.7 Å². The number of aromatic amines is 1. The molecular formula is C21H28N4OS. The van der Waals surface area contributed by atoms with Crippen molar-refractivity contribution in [1.29, 1.82) is 0 Å². The van der Waals surface area contributed by atoms with Crippen LogP contribution in [0.3, 0.4) is 0 Å². The van der Waals surface area contributed by atoms with E-state index in [4.69, 9.17) is 4.98 Å². The molecule has 27 heavy (non-hydrogen) atoms. The molecule has 1 N–H and O–H groups in total. The van der Waals surface area contributed by atoms with Gasteiger partial charge < -0.3 is 9.88 Å². The number of hydrogen-bond donors (Lipinski definition) is 1. The van der Waals surface area contributed by atoms with E-state index in [2.05, 4.69) is 27.1 Å². The van der Waals surface area contributed by atoms with Crippen molar-refractivity contribution in [2.45, 2.75) is 57.4 Å². The minimum atomic E-state index is 0.00713. The molecule has 5 nitrogen and oxygen atoms in total. The molecule has 1 aliphatic carbocycles. The third-order valence-corrected chi connectivity index (χ3v) is 8.04. The fourth-order valence-corrected chi connectivity index (χ4v) is 6.58. The van der Waals surface area contributed by atoms with Crippen molar-refractivity contribution in [2.24, 2.45) is 0 Å². The Morgan fingerprint density at radius 3 is 2.85 bits per heavy atom. The number of nitrogens with one attached hydrogen (secondary N) is 1. The summed E-state index contributed by atoms with van der Waals surface area (Å²) in [6.45, 7) is 6.02. The van der Waals surface area contributed by atoms with Gasteiger partial charge in [0.2, 0.25) is 0 Å². The van der Waals surface area contributed by atoms with E-state index in [1.54, 1.807) is 11.3 Å². The average molecular weight is 385 g/mol. The summed E-state index contributed by atoms with van der Waals surface area (Å²) in [4.78, 5) is 27.4. The Morgan fingerprint density at radius 1 is 1.22 bits per heavy atom. The Morgan fingerprint density at radius 2 is 2.04 bits per heavy atom. The van der Waals surface area contributed by atoms with Gasteiger partial charge >= 0.3 is 0 Å². The lowest BCUT2D eigenvalue weighted by Gasteiger charge is -2.50. The van der Waals surface area contributed by atoms with Gasteiger partial charge in [0.05, 0.1) is 23.1 Å². The fraction of sp³-hybridized carbons (Fsp3) is 0.619. The molecule has 1 saturated heterocycles. The third-order valence-electron chi connectivity index (χ3n) is 6.95. The Balaban J connectivity index is 1.37. The van der Waals surface area contributed by atoms with E-state index in [1.807, 2.05) is 6.33 Å². The van der Waals surface area contributed by atoms with Gasteiger partial charge in [0.15, 0.2) is 0 Å². The van der Waals surface area contributed by atoms with Gasteiger partial charge in [-0.15, -0.1) is 11.3 Å². The summed E-state index contributed by atoms with van der Waals surface area (Å²) >= 11 is 1.79. The number of fused-ring (bicyclic) bond motifs is 3. The van der Waals surface area contributed by atoms with Crippen LogP contribution in [0.25, 0.3) is 0 Å². The average Bonchev–Trinajstić information content (AvgIpc) is 3.36. The predicted molar refractivity (Wildman–Crippen MR) is 107 cm³/mol. The Hall–Kier alpha value is -1.66. The number of H-pyrrole nitrogens is 1. The number of imidazole rings is 1. The van der Waals surface area contributed by atoms with Crippen LogP contribution in [0, 0.1) is 0 Å². The molecule has 4 heterocycles. The van der Waals surface area contributed by atoms with E-state index < -0.39 is 0 Å². The minimum Gasteiger partial charge on any atom is -0.348 e. The first-order valence-electron chi connectivity index (χ1n) is 10.4. The highest BCUT2D eigenvalue weighted by atomic mass is 32.1. The second kappa shape index (κ2) is 6.74. The molecule has 0 saturated carbocycles. The highest BCUT2D eigenvalue weighted by Gasteiger charge is 2.46. The van der Waals surface area contributed by atoms with Crippen molar-refractivity contribution in [3.63, 3.8) is 0 Å². The van der Waals surface area contributed by atoms with Crippen molar-refractivity contribution in [3.8, 4) is 0 Å². The van der Waals surface area contributed by atoms with Crippen LogP contribution in [0.5, 0.6) is 0 Å². The largest absolute Gasteiger partial charge is 0.348 e. The van der Waals surface area contributed by atoms with Crippen LogP contribution < -0.4 is 0 Å². The summed E-state index contributed by atoms with van der Waals surface area (Å²) in [6, 6.07) is 0. The van der Waals surface area contributed by atoms with Crippen LogP contribution in [-0.4, -0.2) is 51.9 Å². The van der Waals surface area contributed by atoms with Gasteiger partial charge in [-0.25, -0.2) is 4.98 Å². The third kappa shape index (κ3) is 2.68. The van der Waals surface area contributed by atoms with Crippen molar-refractivity contribution >= 4 is 17.2 Å². The number of rotatable bonds is 2. The summed E-state index contributed by atoms with van der Waals surface area (Å²) in [5, 5.41) is 2.12. The zero-order valence-electron chi connectivity index (χ0n) is 16.1. The number of carbonyl (C=O) groups excluding carboxylic acids is 1. The lowest BCUT2D eigenvalue weighted by molar-refractivity contribution is 0.0102. The molecule has 0 atom stereocenters. The standard InChI is InChI=1S/C21H28N4OS/c1-2-25-10-7-17-19(23-14-22-17)21(25)8-11-24(12-9-21)20(26)16-13-27-18-6-4-3-5-15(16)18/h13-14H,2-12H2,1H3,(H,22,23). The normalized spacial score (nSPS) is 21.9. The molecular weight excluding hydrogens is 356 g/mol. The molecule has 2 aliphatic heterocycles. The molecule has 5 rings (SSSR count). The maximum atomic E-state index is 13.2. The van der Waals surface area contributed by atoms with Gasteiger partial charge in [-0.05, 0) is 50.6 Å². The number of piperidine rings is 1. The summed E-state index contributed by atoms with van der Waals surface area (Å²) < 4.78 is 0. The Bertz CT molecular complexity index is 846. The van der Waals surface area contributed by atoms with Crippen molar-refractivity contribution < 1.29 is 4.79 Å². The quantitative estimate of drug-likeness (QED) is 0.864. The highest BCUT2D eigenvalue weighted by Crippen LogP contribution is 2.42. The molecule has 0 aromatic carbocycles. The van der Waals surface area contributed by atoms with E-state index in [1.165, 1.54) is 34.7 Å². The first-order valence-corrected chi connectivity index (χ1v) is 11.3. The maximum absolute atomic E-state index is 13.2. The topological polar surface area (TPSA) is 52.2 Å². The number of amides is 1. The van der Waals surface area contributed by atoms with Gasteiger partial charge in [0, 0.05) is 42.0 Å². The number of hydrogen-bond acceptors (Lipinski definition) is 4. The SMILES string of the molecule is CCN1CCc2[nH]cnc2C12CCN(C(=O)c1csc3c1CCCC3)CC2. The van der Waals surface area contributed by atoms with Crippen LogP contribution in [0.4, 0.5) is 0 Å². The van der Waals surface area contributed by atoms with Gasteiger partial charge in [0.1, 0.15) is 0 Å². The molecule has 2 aromatic rings. The molecule has 1 spiro atoms. The van der Waals surface area contributed by atoms with Gasteiger partial charge in [-0.1, -0.05) is 6.92 Å². The molecule has 144 valence electrons. The maximum Gasteiger partial charge on any atom is 0.254 e. The smallest absolute Gasteiger partial charge is 0.254 e. The first-order chi connectivity index (χ1) is 13.2. The van der Waals surface area contributed by atoms with Crippen LogP contribution in [0.1, 0.15) is 64.8 Å². The number of nitrogens with zero attached hydrogens (tertiary/aromatic N) is 3. The fourth-order valence-electron chi connectivity index (χ4n) is 5.46. The van der Waals surface area contributed by atoms with Gasteiger partial charge in [-0.2, -0.15) is 0 Å². The number of aromatic nitrogens is 2. The number of thiophene rings is 1. The van der Waals surface area contributed by atoms with Crippen molar-refractivity contribution in [3.05, 3.63) is 39.1 Å². The van der Waals surface area contributed by atoms with E-state index in [-0.39, 0.29) is 11.4 Å². The number of likely N-dealkylation sites (tertiary alicyclic amines) is 1. The first kappa shape index (κ1) is 17.4. The summed E-state index contributed by atoms with van der Waals surface area (Å²) in [6.07, 6.45) is 9.59. The van der Waals surface area contributed by atoms with Gasteiger partial charge in [0.25, 0.3) is 5.91 Å². The predicted octanol–water partition coefficient (Wildman–Crippen LogP) is 3.36. The van der Waals surface area contributed by atoms with Crippen molar-refractivity contribution in [2.75, 3.05) is 26.2 Å².